The van der Waals surface area contributed by atoms with Gasteiger partial charge in [0.1, 0.15) is 22.6 Å². The van der Waals surface area contributed by atoms with Gasteiger partial charge in [-0.3, -0.25) is 4.79 Å². The highest BCUT2D eigenvalue weighted by molar-refractivity contribution is 8.00. The van der Waals surface area contributed by atoms with Crippen molar-refractivity contribution in [1.82, 2.24) is 4.90 Å². The van der Waals surface area contributed by atoms with Crippen LogP contribution in [0.1, 0.15) is 23.4 Å². The molecule has 0 aliphatic carbocycles. The highest BCUT2D eigenvalue weighted by Gasteiger charge is 2.32. The molecule has 0 aromatic heterocycles. The molecule has 1 aliphatic rings. The molecule has 138 valence electrons. The van der Waals surface area contributed by atoms with Gasteiger partial charge in [0.05, 0.1) is 26.6 Å². The van der Waals surface area contributed by atoms with E-state index in [0.29, 0.717) is 18.9 Å². The van der Waals surface area contributed by atoms with E-state index in [4.69, 9.17) is 14.2 Å². The Morgan fingerprint density at radius 2 is 1.69 bits per heavy atom. The van der Waals surface area contributed by atoms with Gasteiger partial charge in [0.15, 0.2) is 0 Å². The van der Waals surface area contributed by atoms with Gasteiger partial charge in [-0.1, -0.05) is 12.1 Å². The van der Waals surface area contributed by atoms with Crippen molar-refractivity contribution in [2.75, 3.05) is 26.6 Å². The maximum Gasteiger partial charge on any atom is 0.234 e. The van der Waals surface area contributed by atoms with Crippen LogP contribution in [-0.4, -0.2) is 37.4 Å². The van der Waals surface area contributed by atoms with Crippen molar-refractivity contribution in [3.63, 3.8) is 0 Å². The van der Waals surface area contributed by atoms with E-state index in [-0.39, 0.29) is 11.3 Å². The summed E-state index contributed by atoms with van der Waals surface area (Å²) in [4.78, 5) is 14.4. The molecule has 1 heterocycles. The molecular weight excluding hydrogens is 350 g/mol. The molecule has 0 radical (unpaired) electrons. The standard InChI is InChI=1S/C20H23NO4S/c1-4-25-16-7-5-15(6-8-16)20-21(19(22)13-26-20)12-14-9-17(23-2)11-18(10-14)24-3/h5-11,20H,4,12-13H2,1-3H3. The molecule has 2 aromatic carbocycles. The molecule has 1 unspecified atom stereocenters. The number of carbonyl (C=O) groups is 1. The van der Waals surface area contributed by atoms with Crippen LogP contribution in [0.2, 0.25) is 0 Å². The third kappa shape index (κ3) is 4.07. The van der Waals surface area contributed by atoms with Gasteiger partial charge < -0.3 is 19.1 Å². The largest absolute Gasteiger partial charge is 0.497 e. The van der Waals surface area contributed by atoms with Crippen molar-refractivity contribution in [3.8, 4) is 17.2 Å². The van der Waals surface area contributed by atoms with E-state index in [2.05, 4.69) is 0 Å². The third-order valence-electron chi connectivity index (χ3n) is 4.21. The smallest absolute Gasteiger partial charge is 0.234 e. The van der Waals surface area contributed by atoms with Crippen LogP contribution in [0.15, 0.2) is 42.5 Å². The average Bonchev–Trinajstić information content (AvgIpc) is 3.02. The maximum absolute atomic E-state index is 12.5. The maximum atomic E-state index is 12.5. The number of amides is 1. The van der Waals surface area contributed by atoms with Crippen LogP contribution in [0, 0.1) is 0 Å². The number of nitrogens with zero attached hydrogens (tertiary/aromatic N) is 1. The van der Waals surface area contributed by atoms with Crippen LogP contribution >= 0.6 is 11.8 Å². The minimum absolute atomic E-state index is 0.00428. The zero-order valence-electron chi connectivity index (χ0n) is 15.2. The Morgan fingerprint density at radius 3 is 2.27 bits per heavy atom. The molecule has 0 bridgehead atoms. The quantitative estimate of drug-likeness (QED) is 0.737. The van der Waals surface area contributed by atoms with Gasteiger partial charge in [-0.05, 0) is 42.3 Å². The van der Waals surface area contributed by atoms with Gasteiger partial charge >= 0.3 is 0 Å². The Kier molecular flexibility index (Phi) is 5.93. The number of benzene rings is 2. The van der Waals surface area contributed by atoms with Crippen LogP contribution < -0.4 is 14.2 Å². The van der Waals surface area contributed by atoms with E-state index in [1.807, 2.05) is 54.3 Å². The second-order valence-corrected chi connectivity index (χ2v) is 6.98. The molecule has 1 aliphatic heterocycles. The van der Waals surface area contributed by atoms with Crippen molar-refractivity contribution in [2.45, 2.75) is 18.8 Å². The van der Waals surface area contributed by atoms with Crippen LogP contribution in [0.3, 0.4) is 0 Å². The minimum atomic E-state index is -0.00428. The Hall–Kier alpha value is -2.34. The summed E-state index contributed by atoms with van der Waals surface area (Å²) in [5.74, 6) is 2.90. The monoisotopic (exact) mass is 373 g/mol. The van der Waals surface area contributed by atoms with Gasteiger partial charge in [-0.2, -0.15) is 0 Å². The van der Waals surface area contributed by atoms with E-state index in [1.165, 1.54) is 0 Å². The first-order chi connectivity index (χ1) is 12.6. The van der Waals surface area contributed by atoms with Gasteiger partial charge in [-0.25, -0.2) is 0 Å². The fourth-order valence-electron chi connectivity index (χ4n) is 2.95. The highest BCUT2D eigenvalue weighted by atomic mass is 32.2. The second kappa shape index (κ2) is 8.36. The van der Waals surface area contributed by atoms with Crippen LogP contribution in [0.4, 0.5) is 0 Å². The van der Waals surface area contributed by atoms with Gasteiger partial charge in [0.25, 0.3) is 0 Å². The highest BCUT2D eigenvalue weighted by Crippen LogP contribution is 2.40. The molecule has 0 spiro atoms. The van der Waals surface area contributed by atoms with Crippen LogP contribution in [0.25, 0.3) is 0 Å². The number of carbonyl (C=O) groups excluding carboxylic acids is 1. The Morgan fingerprint density at radius 1 is 1.04 bits per heavy atom. The number of hydrogen-bond acceptors (Lipinski definition) is 5. The fraction of sp³-hybridized carbons (Fsp3) is 0.350. The molecule has 0 saturated carbocycles. The molecule has 3 rings (SSSR count). The topological polar surface area (TPSA) is 48.0 Å². The Labute approximate surface area is 158 Å². The SMILES string of the molecule is CCOc1ccc(C2SCC(=O)N2Cc2cc(OC)cc(OC)c2)cc1. The Balaban J connectivity index is 1.82. The molecule has 1 amide bonds. The van der Waals surface area contributed by atoms with Crippen molar-refractivity contribution in [3.05, 3.63) is 53.6 Å². The summed E-state index contributed by atoms with van der Waals surface area (Å²) in [5, 5.41) is -0.00428. The van der Waals surface area contributed by atoms with Crippen molar-refractivity contribution < 1.29 is 19.0 Å². The predicted octanol–water partition coefficient (Wildman–Crippen LogP) is 3.88. The molecule has 26 heavy (non-hydrogen) atoms. The van der Waals surface area contributed by atoms with Crippen LogP contribution in [-0.2, 0) is 11.3 Å². The lowest BCUT2D eigenvalue weighted by molar-refractivity contribution is -0.128. The van der Waals surface area contributed by atoms with Gasteiger partial charge in [0, 0.05) is 12.6 Å². The molecule has 1 saturated heterocycles. The number of thioether (sulfide) groups is 1. The summed E-state index contributed by atoms with van der Waals surface area (Å²) < 4.78 is 16.2. The molecule has 0 N–H and O–H groups in total. The molecule has 2 aromatic rings. The second-order valence-electron chi connectivity index (χ2n) is 5.91. The first-order valence-corrected chi connectivity index (χ1v) is 9.55. The summed E-state index contributed by atoms with van der Waals surface area (Å²) in [6.07, 6.45) is 0. The zero-order chi connectivity index (χ0) is 18.5. The molecule has 1 atom stereocenters. The predicted molar refractivity (Wildman–Crippen MR) is 103 cm³/mol. The van der Waals surface area contributed by atoms with E-state index < -0.39 is 0 Å². The molecule has 1 fully saturated rings. The van der Waals surface area contributed by atoms with Crippen molar-refractivity contribution >= 4 is 17.7 Å². The summed E-state index contributed by atoms with van der Waals surface area (Å²) in [5.41, 5.74) is 2.08. The van der Waals surface area contributed by atoms with E-state index in [9.17, 15) is 4.79 Å². The van der Waals surface area contributed by atoms with E-state index >= 15 is 0 Å². The first kappa shape index (κ1) is 18.5. The molecule has 5 nitrogen and oxygen atoms in total. The first-order valence-electron chi connectivity index (χ1n) is 8.50. The average molecular weight is 373 g/mol. The molecule has 6 heteroatoms. The minimum Gasteiger partial charge on any atom is -0.497 e. The molecular formula is C20H23NO4S. The number of methoxy groups -OCH3 is 2. The lowest BCUT2D eigenvalue weighted by Crippen LogP contribution is -2.27. The summed E-state index contributed by atoms with van der Waals surface area (Å²) in [7, 11) is 3.25. The lowest BCUT2D eigenvalue weighted by atomic mass is 10.1. The van der Waals surface area contributed by atoms with Gasteiger partial charge in [0.2, 0.25) is 5.91 Å². The number of rotatable bonds is 7. The third-order valence-corrected chi connectivity index (χ3v) is 5.46. The number of ether oxygens (including phenoxy) is 3. The summed E-state index contributed by atoms with van der Waals surface area (Å²) in [6, 6.07) is 13.7. The van der Waals surface area contributed by atoms with E-state index in [1.54, 1.807) is 26.0 Å². The zero-order valence-corrected chi connectivity index (χ0v) is 16.0. The van der Waals surface area contributed by atoms with Crippen molar-refractivity contribution in [1.29, 1.82) is 0 Å². The summed E-state index contributed by atoms with van der Waals surface area (Å²) >= 11 is 1.64. The number of hydrogen-bond donors (Lipinski definition) is 0. The lowest BCUT2D eigenvalue weighted by Gasteiger charge is -2.25. The Bertz CT molecular complexity index is 741. The fourth-order valence-corrected chi connectivity index (χ4v) is 4.14. The normalized spacial score (nSPS) is 16.7. The van der Waals surface area contributed by atoms with E-state index in [0.717, 1.165) is 28.4 Å². The van der Waals surface area contributed by atoms with Crippen molar-refractivity contribution in [2.24, 2.45) is 0 Å². The van der Waals surface area contributed by atoms with Gasteiger partial charge in [-0.15, -0.1) is 11.8 Å². The summed E-state index contributed by atoms with van der Waals surface area (Å²) in [6.45, 7) is 3.11. The van der Waals surface area contributed by atoms with Crippen LogP contribution in [0.5, 0.6) is 17.2 Å².